The standard InChI is InChI=1S/C13H15NO4S/c1-17-9-3-4-19-11(9)12(15)14-6-7-5-8(7)10(14)13(16)18-2/h3-4,7-8,10H,5-6H2,1-2H3/t7-,8-,10+/m1/s1. The third-order valence-electron chi connectivity index (χ3n) is 3.90. The molecule has 0 aromatic carbocycles. The number of carbonyl (C=O) groups is 2. The van der Waals surface area contributed by atoms with E-state index in [1.54, 1.807) is 11.0 Å². The maximum atomic E-state index is 12.5. The minimum atomic E-state index is -0.422. The van der Waals surface area contributed by atoms with Crippen molar-refractivity contribution in [1.29, 1.82) is 0 Å². The average molecular weight is 281 g/mol. The second-order valence-corrected chi connectivity index (χ2v) is 5.82. The number of esters is 1. The Labute approximate surface area is 115 Å². The van der Waals surface area contributed by atoms with Crippen LogP contribution >= 0.6 is 11.3 Å². The number of amides is 1. The summed E-state index contributed by atoms with van der Waals surface area (Å²) in [5, 5.41) is 1.82. The molecule has 19 heavy (non-hydrogen) atoms. The van der Waals surface area contributed by atoms with Crippen molar-refractivity contribution >= 4 is 23.2 Å². The highest BCUT2D eigenvalue weighted by Gasteiger charge is 2.57. The summed E-state index contributed by atoms with van der Waals surface area (Å²) in [5.41, 5.74) is 0. The quantitative estimate of drug-likeness (QED) is 0.786. The molecule has 1 saturated carbocycles. The Balaban J connectivity index is 1.85. The number of ether oxygens (including phenoxy) is 2. The van der Waals surface area contributed by atoms with Crippen LogP contribution in [0.15, 0.2) is 11.4 Å². The van der Waals surface area contributed by atoms with Gasteiger partial charge in [-0.25, -0.2) is 4.79 Å². The Hall–Kier alpha value is -1.56. The molecule has 0 N–H and O–H groups in total. The highest BCUT2D eigenvalue weighted by atomic mass is 32.1. The highest BCUT2D eigenvalue weighted by Crippen LogP contribution is 2.50. The molecule has 2 aliphatic rings. The smallest absolute Gasteiger partial charge is 0.328 e. The predicted octanol–water partition coefficient (Wildman–Crippen LogP) is 1.39. The molecule has 3 rings (SSSR count). The number of likely N-dealkylation sites (tertiary alicyclic amines) is 1. The van der Waals surface area contributed by atoms with Crippen molar-refractivity contribution in [3.05, 3.63) is 16.3 Å². The molecule has 0 unspecified atom stereocenters. The van der Waals surface area contributed by atoms with E-state index in [1.807, 2.05) is 5.38 Å². The lowest BCUT2D eigenvalue weighted by Gasteiger charge is -2.25. The van der Waals surface area contributed by atoms with Crippen molar-refractivity contribution in [2.75, 3.05) is 20.8 Å². The number of methoxy groups -OCH3 is 2. The van der Waals surface area contributed by atoms with Gasteiger partial charge in [-0.2, -0.15) is 0 Å². The first kappa shape index (κ1) is 12.5. The molecule has 2 heterocycles. The summed E-state index contributed by atoms with van der Waals surface area (Å²) in [6.07, 6.45) is 1.02. The second kappa shape index (κ2) is 4.52. The molecule has 6 heteroatoms. The van der Waals surface area contributed by atoms with Gasteiger partial charge >= 0.3 is 5.97 Å². The number of nitrogens with zero attached hydrogens (tertiary/aromatic N) is 1. The van der Waals surface area contributed by atoms with Crippen molar-refractivity contribution < 1.29 is 19.1 Å². The fourth-order valence-electron chi connectivity index (χ4n) is 2.84. The van der Waals surface area contributed by atoms with Gasteiger partial charge in [0.2, 0.25) is 0 Å². The fraction of sp³-hybridized carbons (Fsp3) is 0.538. The van der Waals surface area contributed by atoms with Gasteiger partial charge in [0.1, 0.15) is 16.7 Å². The number of carbonyl (C=O) groups excluding carboxylic acids is 2. The summed E-state index contributed by atoms with van der Waals surface area (Å²) >= 11 is 1.34. The first-order valence-electron chi connectivity index (χ1n) is 6.17. The Morgan fingerprint density at radius 3 is 2.89 bits per heavy atom. The monoisotopic (exact) mass is 281 g/mol. The van der Waals surface area contributed by atoms with Gasteiger partial charge in [-0.1, -0.05) is 0 Å². The van der Waals surface area contributed by atoms with Crippen molar-refractivity contribution in [1.82, 2.24) is 4.90 Å². The molecule has 1 aromatic rings. The van der Waals surface area contributed by atoms with Crippen molar-refractivity contribution in [2.24, 2.45) is 11.8 Å². The number of hydrogen-bond acceptors (Lipinski definition) is 5. The van der Waals surface area contributed by atoms with Gasteiger partial charge in [0, 0.05) is 6.54 Å². The van der Waals surface area contributed by atoms with E-state index in [2.05, 4.69) is 0 Å². The van der Waals surface area contributed by atoms with Gasteiger partial charge in [0.15, 0.2) is 0 Å². The SMILES string of the molecule is COC(=O)[C@@H]1[C@@H]2C[C@@H]2CN1C(=O)c1sccc1OC. The Morgan fingerprint density at radius 2 is 2.21 bits per heavy atom. The molecule has 3 atom stereocenters. The Kier molecular flexibility index (Phi) is 2.97. The van der Waals surface area contributed by atoms with Crippen LogP contribution in [0.5, 0.6) is 5.75 Å². The van der Waals surface area contributed by atoms with Gasteiger partial charge in [0.25, 0.3) is 5.91 Å². The third kappa shape index (κ3) is 1.90. The zero-order chi connectivity index (χ0) is 13.6. The second-order valence-electron chi connectivity index (χ2n) is 4.90. The number of rotatable bonds is 3. The molecule has 0 bridgehead atoms. The summed E-state index contributed by atoms with van der Waals surface area (Å²) in [5.74, 6) is 0.865. The molecule has 2 fully saturated rings. The molecule has 102 valence electrons. The van der Waals surface area contributed by atoms with Crippen LogP contribution in [0.3, 0.4) is 0 Å². The molecule has 0 spiro atoms. The molecule has 1 aliphatic carbocycles. The first-order valence-corrected chi connectivity index (χ1v) is 7.05. The lowest BCUT2D eigenvalue weighted by molar-refractivity contribution is -0.145. The molecular weight excluding hydrogens is 266 g/mol. The van der Waals surface area contributed by atoms with Crippen LogP contribution in [0, 0.1) is 11.8 Å². The lowest BCUT2D eigenvalue weighted by atomic mass is 10.2. The van der Waals surface area contributed by atoms with E-state index < -0.39 is 6.04 Å². The van der Waals surface area contributed by atoms with E-state index in [9.17, 15) is 9.59 Å². The zero-order valence-corrected chi connectivity index (χ0v) is 11.6. The zero-order valence-electron chi connectivity index (χ0n) is 10.8. The van der Waals surface area contributed by atoms with Gasteiger partial charge < -0.3 is 14.4 Å². The van der Waals surface area contributed by atoms with Crippen LogP contribution in [0.25, 0.3) is 0 Å². The van der Waals surface area contributed by atoms with E-state index in [0.717, 1.165) is 6.42 Å². The fourth-order valence-corrected chi connectivity index (χ4v) is 3.65. The molecule has 1 aromatic heterocycles. The Bertz CT molecular complexity index is 526. The summed E-state index contributed by atoms with van der Waals surface area (Å²) in [4.78, 5) is 26.6. The van der Waals surface area contributed by atoms with Crippen LogP contribution < -0.4 is 4.74 Å². The van der Waals surface area contributed by atoms with Crippen LogP contribution in [-0.2, 0) is 9.53 Å². The summed E-state index contributed by atoms with van der Waals surface area (Å²) in [7, 11) is 2.91. The number of hydrogen-bond donors (Lipinski definition) is 0. The first-order chi connectivity index (χ1) is 9.17. The molecule has 1 saturated heterocycles. The predicted molar refractivity (Wildman–Crippen MR) is 69.3 cm³/mol. The van der Waals surface area contributed by atoms with E-state index in [4.69, 9.17) is 9.47 Å². The van der Waals surface area contributed by atoms with E-state index >= 15 is 0 Å². The van der Waals surface area contributed by atoms with E-state index in [1.165, 1.54) is 25.6 Å². The van der Waals surface area contributed by atoms with Crippen LogP contribution in [0.2, 0.25) is 0 Å². The van der Waals surface area contributed by atoms with Gasteiger partial charge in [0.05, 0.1) is 14.2 Å². The summed E-state index contributed by atoms with van der Waals surface area (Å²) < 4.78 is 10.00. The van der Waals surface area contributed by atoms with Gasteiger partial charge in [-0.05, 0) is 29.7 Å². The van der Waals surface area contributed by atoms with Crippen LogP contribution in [-0.4, -0.2) is 43.6 Å². The largest absolute Gasteiger partial charge is 0.495 e. The minimum Gasteiger partial charge on any atom is -0.495 e. The summed E-state index contributed by atoms with van der Waals surface area (Å²) in [6.45, 7) is 0.643. The highest BCUT2D eigenvalue weighted by molar-refractivity contribution is 7.12. The van der Waals surface area contributed by atoms with Gasteiger partial charge in [-0.3, -0.25) is 4.79 Å². The number of piperidine rings is 1. The molecule has 1 aliphatic heterocycles. The van der Waals surface area contributed by atoms with Crippen LogP contribution in [0.1, 0.15) is 16.1 Å². The van der Waals surface area contributed by atoms with Crippen LogP contribution in [0.4, 0.5) is 0 Å². The molecule has 5 nitrogen and oxygen atoms in total. The molecule has 0 radical (unpaired) electrons. The minimum absolute atomic E-state index is 0.130. The lowest BCUT2D eigenvalue weighted by Crippen LogP contribution is -2.43. The Morgan fingerprint density at radius 1 is 1.42 bits per heavy atom. The normalized spacial score (nSPS) is 27.9. The average Bonchev–Trinajstić information content (AvgIpc) is 2.90. The molecule has 1 amide bonds. The van der Waals surface area contributed by atoms with E-state index in [0.29, 0.717) is 23.1 Å². The topological polar surface area (TPSA) is 55.8 Å². The third-order valence-corrected chi connectivity index (χ3v) is 4.78. The van der Waals surface area contributed by atoms with Crippen molar-refractivity contribution in [2.45, 2.75) is 12.5 Å². The number of thiophene rings is 1. The summed E-state index contributed by atoms with van der Waals surface area (Å²) in [6, 6.07) is 1.34. The van der Waals surface area contributed by atoms with Crippen molar-refractivity contribution in [3.8, 4) is 5.75 Å². The van der Waals surface area contributed by atoms with E-state index in [-0.39, 0.29) is 17.8 Å². The van der Waals surface area contributed by atoms with Crippen molar-refractivity contribution in [3.63, 3.8) is 0 Å². The number of fused-ring (bicyclic) bond motifs is 1. The maximum absolute atomic E-state index is 12.5. The van der Waals surface area contributed by atoms with Gasteiger partial charge in [-0.15, -0.1) is 11.3 Å². The molecular formula is C13H15NO4S. The maximum Gasteiger partial charge on any atom is 0.328 e.